The van der Waals surface area contributed by atoms with Crippen molar-refractivity contribution in [2.24, 2.45) is 5.92 Å². The fourth-order valence-corrected chi connectivity index (χ4v) is 3.78. The Kier molecular flexibility index (Phi) is 5.38. The van der Waals surface area contributed by atoms with E-state index in [0.717, 1.165) is 25.0 Å². The number of halogens is 2. The molecule has 31 heavy (non-hydrogen) atoms. The number of H-pyrrole nitrogens is 1. The van der Waals surface area contributed by atoms with Crippen molar-refractivity contribution >= 4 is 38.3 Å². The molecule has 1 aliphatic rings. The normalized spacial score (nSPS) is 14.2. The lowest BCUT2D eigenvalue weighted by atomic mass is 10.0. The minimum Gasteiger partial charge on any atom is -0.369 e. The summed E-state index contributed by atoms with van der Waals surface area (Å²) in [7, 11) is -3.89. The molecule has 1 saturated carbocycles. The van der Waals surface area contributed by atoms with Gasteiger partial charge in [0, 0.05) is 12.7 Å². The molecule has 0 spiro atoms. The number of carbonyl (C=O) groups excluding carboxylic acids is 1. The van der Waals surface area contributed by atoms with Gasteiger partial charge in [0.1, 0.15) is 23.6 Å². The Balaban J connectivity index is 1.76. The highest BCUT2D eigenvalue weighted by atomic mass is 32.2. The van der Waals surface area contributed by atoms with Crippen LogP contribution in [0, 0.1) is 17.6 Å². The molecule has 1 fully saturated rings. The van der Waals surface area contributed by atoms with E-state index in [1.807, 2.05) is 0 Å². The van der Waals surface area contributed by atoms with Crippen LogP contribution in [-0.4, -0.2) is 40.9 Å². The fraction of sp³-hybridized carbons (Fsp3) is 0.350. The quantitative estimate of drug-likeness (QED) is 0.454. The molecule has 164 valence electrons. The van der Waals surface area contributed by atoms with Gasteiger partial charge in [-0.1, -0.05) is 0 Å². The van der Waals surface area contributed by atoms with Crippen molar-refractivity contribution in [3.8, 4) is 0 Å². The third-order valence-corrected chi connectivity index (χ3v) is 6.91. The first-order valence-corrected chi connectivity index (χ1v) is 11.3. The Labute approximate surface area is 177 Å². The molecule has 0 aliphatic heterocycles. The molecule has 3 aromatic rings. The molecule has 8 nitrogen and oxygen atoms in total. The molecule has 4 rings (SSSR count). The lowest BCUT2D eigenvalue weighted by Crippen LogP contribution is -2.23. The summed E-state index contributed by atoms with van der Waals surface area (Å²) in [4.78, 5) is 24.2. The second-order valence-electron chi connectivity index (χ2n) is 7.78. The third kappa shape index (κ3) is 4.09. The lowest BCUT2D eigenvalue weighted by molar-refractivity contribution is 0.103. The van der Waals surface area contributed by atoms with Gasteiger partial charge in [-0.25, -0.2) is 27.2 Å². The monoisotopic (exact) mass is 449 g/mol. The Morgan fingerprint density at radius 2 is 2.00 bits per heavy atom. The lowest BCUT2D eigenvalue weighted by Gasteiger charge is -2.13. The summed E-state index contributed by atoms with van der Waals surface area (Å²) in [5.41, 5.74) is -1.03. The maximum Gasteiger partial charge on any atom is 0.235 e. The third-order valence-electron chi connectivity index (χ3n) is 5.16. The van der Waals surface area contributed by atoms with Gasteiger partial charge in [0.15, 0.2) is 5.82 Å². The van der Waals surface area contributed by atoms with Gasteiger partial charge in [-0.2, -0.15) is 0 Å². The highest BCUT2D eigenvalue weighted by molar-refractivity contribution is 7.93. The van der Waals surface area contributed by atoms with Crippen molar-refractivity contribution in [2.45, 2.75) is 31.9 Å². The molecule has 0 bridgehead atoms. The summed E-state index contributed by atoms with van der Waals surface area (Å²) in [5, 5.41) is 2.64. The van der Waals surface area contributed by atoms with Crippen molar-refractivity contribution in [3.05, 3.63) is 47.4 Å². The summed E-state index contributed by atoms with van der Waals surface area (Å²) in [6.45, 7) is 3.50. The number of aromatic amines is 1. The van der Waals surface area contributed by atoms with Crippen molar-refractivity contribution in [2.75, 3.05) is 16.6 Å². The van der Waals surface area contributed by atoms with E-state index in [0.29, 0.717) is 29.3 Å². The summed E-state index contributed by atoms with van der Waals surface area (Å²) in [6, 6.07) is 1.80. The number of hydrogen-bond acceptors (Lipinski definition) is 6. The van der Waals surface area contributed by atoms with E-state index in [-0.39, 0.29) is 5.56 Å². The minimum absolute atomic E-state index is 0.0180. The number of ketones is 1. The van der Waals surface area contributed by atoms with Crippen LogP contribution in [0.4, 0.5) is 20.3 Å². The Morgan fingerprint density at radius 3 is 2.68 bits per heavy atom. The molecule has 2 aromatic heterocycles. The Hall–Kier alpha value is -3.08. The second-order valence-corrected chi connectivity index (χ2v) is 10.0. The summed E-state index contributed by atoms with van der Waals surface area (Å²) in [5.74, 6) is -2.42. The largest absolute Gasteiger partial charge is 0.369 e. The number of rotatable bonds is 8. The van der Waals surface area contributed by atoms with E-state index >= 15 is 4.39 Å². The SMILES string of the molecule is CC(C)S(=O)(=O)Nc1ccc(F)c(C(=O)c2c[nH]c3ncnc(NCC4CC4)c23)c1F. The molecule has 0 saturated heterocycles. The van der Waals surface area contributed by atoms with Crippen LogP contribution in [0.25, 0.3) is 11.0 Å². The maximum atomic E-state index is 15.1. The molecule has 1 aromatic carbocycles. The average Bonchev–Trinajstić information content (AvgIpc) is 3.44. The molecular weight excluding hydrogens is 428 g/mol. The van der Waals surface area contributed by atoms with Gasteiger partial charge in [0.2, 0.25) is 15.8 Å². The minimum atomic E-state index is -3.89. The van der Waals surface area contributed by atoms with Crippen LogP contribution < -0.4 is 10.0 Å². The van der Waals surface area contributed by atoms with Crippen LogP contribution in [0.1, 0.15) is 42.6 Å². The van der Waals surface area contributed by atoms with Gasteiger partial charge < -0.3 is 10.3 Å². The first-order chi connectivity index (χ1) is 14.7. The number of aromatic nitrogens is 3. The van der Waals surface area contributed by atoms with E-state index in [2.05, 4.69) is 25.0 Å². The fourth-order valence-electron chi connectivity index (χ4n) is 3.08. The van der Waals surface area contributed by atoms with Crippen LogP contribution in [0.2, 0.25) is 0 Å². The maximum absolute atomic E-state index is 15.1. The van der Waals surface area contributed by atoms with E-state index in [1.54, 1.807) is 0 Å². The summed E-state index contributed by atoms with van der Waals surface area (Å²) < 4.78 is 55.9. The van der Waals surface area contributed by atoms with Crippen molar-refractivity contribution in [1.29, 1.82) is 0 Å². The van der Waals surface area contributed by atoms with E-state index in [4.69, 9.17) is 0 Å². The zero-order chi connectivity index (χ0) is 22.3. The van der Waals surface area contributed by atoms with Crippen LogP contribution in [0.15, 0.2) is 24.7 Å². The molecule has 0 unspecified atom stereocenters. The van der Waals surface area contributed by atoms with Crippen molar-refractivity contribution in [1.82, 2.24) is 15.0 Å². The first-order valence-electron chi connectivity index (χ1n) is 9.79. The molecule has 2 heterocycles. The van der Waals surface area contributed by atoms with Crippen LogP contribution >= 0.6 is 0 Å². The van der Waals surface area contributed by atoms with Gasteiger partial charge in [-0.15, -0.1) is 0 Å². The molecule has 0 amide bonds. The number of fused-ring (bicyclic) bond motifs is 1. The highest BCUT2D eigenvalue weighted by Crippen LogP contribution is 2.32. The van der Waals surface area contributed by atoms with Crippen molar-refractivity contribution in [3.63, 3.8) is 0 Å². The number of nitrogens with one attached hydrogen (secondary N) is 3. The number of hydrogen-bond donors (Lipinski definition) is 3. The molecule has 11 heteroatoms. The highest BCUT2D eigenvalue weighted by Gasteiger charge is 2.28. The van der Waals surface area contributed by atoms with E-state index in [1.165, 1.54) is 26.4 Å². The van der Waals surface area contributed by atoms with Crippen molar-refractivity contribution < 1.29 is 22.0 Å². The molecule has 0 radical (unpaired) electrons. The van der Waals surface area contributed by atoms with Crippen LogP contribution in [0.3, 0.4) is 0 Å². The second kappa shape index (κ2) is 7.88. The summed E-state index contributed by atoms with van der Waals surface area (Å²) >= 11 is 0. The predicted octanol–water partition coefficient (Wildman–Crippen LogP) is 3.44. The summed E-state index contributed by atoms with van der Waals surface area (Å²) in [6.07, 6.45) is 4.85. The first kappa shape index (κ1) is 21.2. The smallest absolute Gasteiger partial charge is 0.235 e. The zero-order valence-electron chi connectivity index (χ0n) is 16.9. The Bertz CT molecular complexity index is 1270. The standard InChI is InChI=1S/C20H21F2N5O3S/c1-10(2)31(29,30)27-14-6-5-13(21)16(17(14)22)18(28)12-8-24-20-15(12)19(25-9-26-20)23-7-11-3-4-11/h5-6,8-11,27H,3-4,7H2,1-2H3,(H2,23,24,25,26). The molecule has 0 atom stereocenters. The number of nitrogens with zero attached hydrogens (tertiary/aromatic N) is 2. The topological polar surface area (TPSA) is 117 Å². The van der Waals surface area contributed by atoms with Gasteiger partial charge in [-0.05, 0) is 44.7 Å². The zero-order valence-corrected chi connectivity index (χ0v) is 17.7. The molecule has 1 aliphatic carbocycles. The number of benzene rings is 1. The van der Waals surface area contributed by atoms with Gasteiger partial charge in [0.25, 0.3) is 0 Å². The number of carbonyl (C=O) groups is 1. The van der Waals surface area contributed by atoms with Gasteiger partial charge >= 0.3 is 0 Å². The molecular formula is C20H21F2N5O3S. The van der Waals surface area contributed by atoms with Crippen LogP contribution in [-0.2, 0) is 10.0 Å². The average molecular weight is 449 g/mol. The molecule has 3 N–H and O–H groups in total. The van der Waals surface area contributed by atoms with Gasteiger partial charge in [0.05, 0.1) is 27.5 Å². The number of anilines is 2. The van der Waals surface area contributed by atoms with E-state index < -0.39 is 43.9 Å². The van der Waals surface area contributed by atoms with Gasteiger partial charge in [-0.3, -0.25) is 9.52 Å². The van der Waals surface area contributed by atoms with E-state index in [9.17, 15) is 17.6 Å². The Morgan fingerprint density at radius 1 is 1.26 bits per heavy atom. The predicted molar refractivity (Wildman–Crippen MR) is 113 cm³/mol. The number of sulfonamides is 1. The van der Waals surface area contributed by atoms with Crippen LogP contribution in [0.5, 0.6) is 0 Å².